The number of ketones is 1. The number of aromatic nitrogens is 3. The highest BCUT2D eigenvalue weighted by Crippen LogP contribution is 2.30. The number of rotatable bonds is 6. The van der Waals surface area contributed by atoms with Crippen molar-refractivity contribution in [2.24, 2.45) is 7.05 Å². The summed E-state index contributed by atoms with van der Waals surface area (Å²) in [5.41, 5.74) is 4.09. The van der Waals surface area contributed by atoms with Crippen LogP contribution in [0, 0.1) is 0 Å². The van der Waals surface area contributed by atoms with Crippen molar-refractivity contribution < 1.29 is 9.53 Å². The number of ether oxygens (including phenoxy) is 1. The van der Waals surface area contributed by atoms with E-state index in [-0.39, 0.29) is 11.2 Å². The zero-order chi connectivity index (χ0) is 21.2. The highest BCUT2D eigenvalue weighted by Gasteiger charge is 2.16. The van der Waals surface area contributed by atoms with E-state index >= 15 is 0 Å². The van der Waals surface area contributed by atoms with Crippen molar-refractivity contribution in [1.82, 2.24) is 14.8 Å². The number of hydrogen-bond donors (Lipinski definition) is 0. The van der Waals surface area contributed by atoms with Crippen LogP contribution in [0.3, 0.4) is 0 Å². The Kier molecular flexibility index (Phi) is 6.13. The number of hydrogen-bond acceptors (Lipinski definition) is 5. The fourth-order valence-electron chi connectivity index (χ4n) is 3.06. The second kappa shape index (κ2) is 8.41. The van der Waals surface area contributed by atoms with Gasteiger partial charge in [0.2, 0.25) is 0 Å². The third-order valence-corrected chi connectivity index (χ3v) is 5.96. The predicted molar refractivity (Wildman–Crippen MR) is 118 cm³/mol. The molecule has 0 fully saturated rings. The summed E-state index contributed by atoms with van der Waals surface area (Å²) in [6.07, 6.45) is 0. The summed E-state index contributed by atoms with van der Waals surface area (Å²) < 4.78 is 7.44. The molecule has 0 atom stereocenters. The molecule has 3 aromatic rings. The number of carbonyl (C=O) groups is 1. The van der Waals surface area contributed by atoms with Crippen molar-refractivity contribution in [3.63, 3.8) is 0 Å². The molecule has 0 radical (unpaired) electrons. The van der Waals surface area contributed by atoms with Gasteiger partial charge in [0.25, 0.3) is 0 Å². The van der Waals surface area contributed by atoms with E-state index in [1.165, 1.54) is 5.56 Å². The number of benzene rings is 2. The van der Waals surface area contributed by atoms with E-state index in [0.717, 1.165) is 27.9 Å². The van der Waals surface area contributed by atoms with E-state index in [4.69, 9.17) is 4.74 Å². The number of Topliss-reactive ketones (excluding diaryl/α,β-unsaturated/α-hetero) is 1. The summed E-state index contributed by atoms with van der Waals surface area (Å²) in [6, 6.07) is 14.0. The molecule has 0 bridgehead atoms. The van der Waals surface area contributed by atoms with E-state index in [1.807, 2.05) is 23.7 Å². The van der Waals surface area contributed by atoms with Gasteiger partial charge in [-0.1, -0.05) is 56.8 Å². The maximum absolute atomic E-state index is 11.7. The van der Waals surface area contributed by atoms with Gasteiger partial charge in [-0.3, -0.25) is 4.79 Å². The van der Waals surface area contributed by atoms with Gasteiger partial charge in [-0.15, -0.1) is 10.2 Å². The lowest BCUT2D eigenvalue weighted by atomic mass is 9.87. The molecule has 0 saturated heterocycles. The van der Waals surface area contributed by atoms with Crippen LogP contribution in [0.25, 0.3) is 11.4 Å². The van der Waals surface area contributed by atoms with Crippen LogP contribution in [-0.2, 0) is 18.2 Å². The number of thioether (sulfide) groups is 1. The van der Waals surface area contributed by atoms with Gasteiger partial charge in [-0.2, -0.15) is 0 Å². The summed E-state index contributed by atoms with van der Waals surface area (Å²) in [5.74, 6) is 2.28. The topological polar surface area (TPSA) is 57.0 Å². The number of methoxy groups -OCH3 is 1. The van der Waals surface area contributed by atoms with E-state index in [1.54, 1.807) is 31.9 Å². The van der Waals surface area contributed by atoms with E-state index in [2.05, 4.69) is 55.2 Å². The Morgan fingerprint density at radius 3 is 2.38 bits per heavy atom. The van der Waals surface area contributed by atoms with Crippen LogP contribution in [0.4, 0.5) is 0 Å². The molecule has 0 N–H and O–H groups in total. The van der Waals surface area contributed by atoms with Gasteiger partial charge >= 0.3 is 0 Å². The molecule has 5 nitrogen and oxygen atoms in total. The smallest absolute Gasteiger partial charge is 0.191 e. The van der Waals surface area contributed by atoms with Crippen LogP contribution in [0.5, 0.6) is 5.75 Å². The first-order valence-electron chi connectivity index (χ1n) is 9.51. The van der Waals surface area contributed by atoms with Crippen molar-refractivity contribution in [3.05, 3.63) is 59.2 Å². The van der Waals surface area contributed by atoms with Crippen molar-refractivity contribution in [3.8, 4) is 17.1 Å². The van der Waals surface area contributed by atoms with Crippen LogP contribution < -0.4 is 4.74 Å². The quantitative estimate of drug-likeness (QED) is 0.409. The Balaban J connectivity index is 1.80. The lowest BCUT2D eigenvalue weighted by Gasteiger charge is -2.19. The van der Waals surface area contributed by atoms with Crippen LogP contribution in [0.1, 0.15) is 49.2 Å². The zero-order valence-electron chi connectivity index (χ0n) is 17.8. The summed E-state index contributed by atoms with van der Waals surface area (Å²) >= 11 is 1.57. The summed E-state index contributed by atoms with van der Waals surface area (Å²) in [7, 11) is 3.61. The molecular weight excluding hydrogens is 382 g/mol. The fraction of sp³-hybridized carbons (Fsp3) is 0.348. The minimum atomic E-state index is 0.0403. The third kappa shape index (κ3) is 4.70. The lowest BCUT2D eigenvalue weighted by Crippen LogP contribution is -2.10. The predicted octanol–water partition coefficient (Wildman–Crippen LogP) is 5.28. The van der Waals surface area contributed by atoms with Gasteiger partial charge < -0.3 is 9.30 Å². The molecule has 0 unspecified atom stereocenters. The van der Waals surface area contributed by atoms with Gasteiger partial charge in [0, 0.05) is 29.5 Å². The average molecular weight is 410 g/mol. The summed E-state index contributed by atoms with van der Waals surface area (Å²) in [5, 5.41) is 9.56. The van der Waals surface area contributed by atoms with E-state index < -0.39 is 0 Å². The third-order valence-electron chi connectivity index (χ3n) is 4.89. The summed E-state index contributed by atoms with van der Waals surface area (Å²) in [6.45, 7) is 8.18. The number of nitrogens with zero attached hydrogens (tertiary/aromatic N) is 3. The van der Waals surface area contributed by atoms with Gasteiger partial charge in [-0.25, -0.2) is 0 Å². The fourth-order valence-corrected chi connectivity index (χ4v) is 3.95. The van der Waals surface area contributed by atoms with Gasteiger partial charge in [0.15, 0.2) is 16.8 Å². The highest BCUT2D eigenvalue weighted by molar-refractivity contribution is 7.98. The Hall–Kier alpha value is -2.60. The first kappa shape index (κ1) is 21.1. The number of carbonyl (C=O) groups excluding carboxylic acids is 1. The molecule has 0 saturated carbocycles. The zero-order valence-corrected chi connectivity index (χ0v) is 18.6. The van der Waals surface area contributed by atoms with Crippen molar-refractivity contribution in [1.29, 1.82) is 0 Å². The first-order chi connectivity index (χ1) is 13.7. The molecule has 3 rings (SSSR count). The normalized spacial score (nSPS) is 11.5. The lowest BCUT2D eigenvalue weighted by molar-refractivity contribution is 0.101. The Morgan fingerprint density at radius 2 is 1.79 bits per heavy atom. The van der Waals surface area contributed by atoms with Crippen LogP contribution in [0.2, 0.25) is 0 Å². The minimum Gasteiger partial charge on any atom is -0.496 e. The monoisotopic (exact) mass is 409 g/mol. The maximum atomic E-state index is 11.7. The van der Waals surface area contributed by atoms with E-state index in [9.17, 15) is 4.79 Å². The van der Waals surface area contributed by atoms with Gasteiger partial charge in [-0.05, 0) is 36.1 Å². The molecule has 0 aliphatic rings. The minimum absolute atomic E-state index is 0.0403. The Bertz CT molecular complexity index is 1020. The largest absolute Gasteiger partial charge is 0.496 e. The second-order valence-electron chi connectivity index (χ2n) is 8.06. The molecule has 0 spiro atoms. The van der Waals surface area contributed by atoms with Crippen molar-refractivity contribution in [2.75, 3.05) is 7.11 Å². The average Bonchev–Trinajstić information content (AvgIpc) is 3.06. The molecule has 152 valence electrons. The molecule has 1 aromatic heterocycles. The molecule has 2 aromatic carbocycles. The first-order valence-corrected chi connectivity index (χ1v) is 10.5. The van der Waals surface area contributed by atoms with Crippen LogP contribution in [-0.4, -0.2) is 27.7 Å². The molecular formula is C23H27N3O2S. The molecule has 0 amide bonds. The summed E-state index contributed by atoms with van der Waals surface area (Å²) in [4.78, 5) is 11.7. The molecule has 1 heterocycles. The van der Waals surface area contributed by atoms with Crippen molar-refractivity contribution >= 4 is 17.5 Å². The molecule has 0 aliphatic carbocycles. The molecule has 0 aliphatic heterocycles. The highest BCUT2D eigenvalue weighted by atomic mass is 32.2. The SMILES string of the molecule is COc1ccc(C(C)=O)cc1CSc1nnc(-c2ccc(C(C)(C)C)cc2)n1C. The van der Waals surface area contributed by atoms with Gasteiger partial charge in [0.05, 0.1) is 7.11 Å². The Morgan fingerprint density at radius 1 is 1.10 bits per heavy atom. The van der Waals surface area contributed by atoms with E-state index in [0.29, 0.717) is 11.3 Å². The van der Waals surface area contributed by atoms with Crippen molar-refractivity contribution in [2.45, 2.75) is 44.0 Å². The van der Waals surface area contributed by atoms with Crippen LogP contribution >= 0.6 is 11.8 Å². The molecule has 29 heavy (non-hydrogen) atoms. The van der Waals surface area contributed by atoms with Crippen LogP contribution in [0.15, 0.2) is 47.6 Å². The maximum Gasteiger partial charge on any atom is 0.191 e. The standard InChI is InChI=1S/C23H27N3O2S/c1-15(27)17-9-12-20(28-6)18(13-17)14-29-22-25-24-21(26(22)5)16-7-10-19(11-8-16)23(2,3)4/h7-13H,14H2,1-6H3. The van der Waals surface area contributed by atoms with Gasteiger partial charge in [0.1, 0.15) is 5.75 Å². The Labute approximate surface area is 176 Å². The second-order valence-corrected chi connectivity index (χ2v) is 9.01. The molecule has 6 heteroatoms.